The number of nitriles is 1. The second-order valence-corrected chi connectivity index (χ2v) is 5.27. The van der Waals surface area contributed by atoms with E-state index in [-0.39, 0.29) is 6.10 Å². The molecule has 20 heavy (non-hydrogen) atoms. The molecule has 0 N–H and O–H groups in total. The van der Waals surface area contributed by atoms with Crippen LogP contribution in [0, 0.1) is 11.3 Å². The molecule has 1 heterocycles. The van der Waals surface area contributed by atoms with Gasteiger partial charge in [0.2, 0.25) is 0 Å². The molecule has 1 aliphatic heterocycles. The van der Waals surface area contributed by atoms with Gasteiger partial charge in [-0.2, -0.15) is 5.26 Å². The second kappa shape index (κ2) is 6.40. The highest BCUT2D eigenvalue weighted by atomic mass is 79.9. The maximum Gasteiger partial charge on any atom is 0.128 e. The molecule has 0 amide bonds. The van der Waals surface area contributed by atoms with Gasteiger partial charge in [0.05, 0.1) is 6.07 Å². The van der Waals surface area contributed by atoms with E-state index in [1.54, 1.807) is 18.2 Å². The van der Waals surface area contributed by atoms with Crippen molar-refractivity contribution in [1.29, 1.82) is 5.26 Å². The Hall–Kier alpha value is -2.05. The SMILES string of the molecule is C=C/C=C(\C=C)C1C/C(=C\C#N)c2cc(Br)ccc2O1. The number of halogens is 1. The highest BCUT2D eigenvalue weighted by Gasteiger charge is 2.25. The van der Waals surface area contributed by atoms with Crippen molar-refractivity contribution in [3.8, 4) is 11.8 Å². The summed E-state index contributed by atoms with van der Waals surface area (Å²) in [6.07, 6.45) is 7.44. The first kappa shape index (κ1) is 14.4. The quantitative estimate of drug-likeness (QED) is 0.589. The van der Waals surface area contributed by atoms with Gasteiger partial charge in [0.15, 0.2) is 0 Å². The highest BCUT2D eigenvalue weighted by molar-refractivity contribution is 9.10. The van der Waals surface area contributed by atoms with E-state index in [1.807, 2.05) is 24.3 Å². The van der Waals surface area contributed by atoms with Crippen LogP contribution in [0.3, 0.4) is 0 Å². The largest absolute Gasteiger partial charge is 0.485 e. The molecule has 0 saturated heterocycles. The number of allylic oxidation sites excluding steroid dienone is 3. The fourth-order valence-electron chi connectivity index (χ4n) is 2.20. The Kier molecular flexibility index (Phi) is 4.60. The second-order valence-electron chi connectivity index (χ2n) is 4.36. The first-order valence-corrected chi connectivity index (χ1v) is 6.99. The van der Waals surface area contributed by atoms with E-state index < -0.39 is 0 Å². The molecule has 1 unspecified atom stereocenters. The predicted octanol–water partition coefficient (Wildman–Crippen LogP) is 4.81. The number of ether oxygens (including phenoxy) is 1. The third kappa shape index (κ3) is 2.92. The lowest BCUT2D eigenvalue weighted by Gasteiger charge is -2.28. The summed E-state index contributed by atoms with van der Waals surface area (Å²) in [6.45, 7) is 7.51. The molecule has 1 atom stereocenters. The Balaban J connectivity index is 2.47. The van der Waals surface area contributed by atoms with Crippen LogP contribution in [-0.2, 0) is 0 Å². The predicted molar refractivity (Wildman–Crippen MR) is 85.2 cm³/mol. The number of fused-ring (bicyclic) bond motifs is 1. The van der Waals surface area contributed by atoms with Crippen LogP contribution in [0.4, 0.5) is 0 Å². The number of nitrogens with zero attached hydrogens (tertiary/aromatic N) is 1. The summed E-state index contributed by atoms with van der Waals surface area (Å²) >= 11 is 3.45. The van der Waals surface area contributed by atoms with E-state index in [0.717, 1.165) is 26.9 Å². The van der Waals surface area contributed by atoms with Crippen molar-refractivity contribution in [1.82, 2.24) is 0 Å². The van der Waals surface area contributed by atoms with Crippen LogP contribution in [0.25, 0.3) is 5.57 Å². The minimum Gasteiger partial charge on any atom is -0.485 e. The Labute approximate surface area is 127 Å². The molecular formula is C17H14BrNO. The first-order valence-electron chi connectivity index (χ1n) is 6.20. The van der Waals surface area contributed by atoms with Crippen LogP contribution >= 0.6 is 15.9 Å². The molecular weight excluding hydrogens is 314 g/mol. The zero-order valence-electron chi connectivity index (χ0n) is 11.0. The average molecular weight is 328 g/mol. The van der Waals surface area contributed by atoms with Crippen LogP contribution in [0.2, 0.25) is 0 Å². The molecule has 2 nitrogen and oxygen atoms in total. The summed E-state index contributed by atoms with van der Waals surface area (Å²) in [7, 11) is 0. The first-order chi connectivity index (χ1) is 9.69. The van der Waals surface area contributed by atoms with Gasteiger partial charge < -0.3 is 4.74 Å². The summed E-state index contributed by atoms with van der Waals surface area (Å²) in [5, 5.41) is 8.97. The molecule has 1 aromatic rings. The van der Waals surface area contributed by atoms with Gasteiger partial charge in [0.25, 0.3) is 0 Å². The lowest BCUT2D eigenvalue weighted by atomic mass is 9.92. The van der Waals surface area contributed by atoms with E-state index >= 15 is 0 Å². The minimum atomic E-state index is -0.140. The van der Waals surface area contributed by atoms with Gasteiger partial charge in [-0.25, -0.2) is 0 Å². The lowest BCUT2D eigenvalue weighted by Crippen LogP contribution is -2.23. The molecule has 0 fully saturated rings. The fraction of sp³-hybridized carbons (Fsp3) is 0.118. The summed E-state index contributed by atoms with van der Waals surface area (Å²) in [5.41, 5.74) is 2.88. The smallest absolute Gasteiger partial charge is 0.128 e. The minimum absolute atomic E-state index is 0.140. The summed E-state index contributed by atoms with van der Waals surface area (Å²) in [5.74, 6) is 0.780. The molecule has 0 saturated carbocycles. The molecule has 3 heteroatoms. The van der Waals surface area contributed by atoms with Crippen molar-refractivity contribution in [3.63, 3.8) is 0 Å². The number of benzene rings is 1. The Morgan fingerprint density at radius 3 is 2.90 bits per heavy atom. The van der Waals surface area contributed by atoms with Crippen LogP contribution in [-0.4, -0.2) is 6.10 Å². The van der Waals surface area contributed by atoms with Gasteiger partial charge in [-0.05, 0) is 29.3 Å². The Morgan fingerprint density at radius 2 is 2.25 bits per heavy atom. The summed E-state index contributed by atoms with van der Waals surface area (Å²) in [6, 6.07) is 7.92. The van der Waals surface area contributed by atoms with E-state index in [2.05, 4.69) is 35.2 Å². The monoisotopic (exact) mass is 327 g/mol. The van der Waals surface area contributed by atoms with E-state index in [9.17, 15) is 0 Å². The van der Waals surface area contributed by atoms with Crippen molar-refractivity contribution >= 4 is 21.5 Å². The maximum atomic E-state index is 8.97. The lowest BCUT2D eigenvalue weighted by molar-refractivity contribution is 0.237. The third-order valence-electron chi connectivity index (χ3n) is 3.12. The average Bonchev–Trinajstić information content (AvgIpc) is 2.45. The fourth-order valence-corrected chi connectivity index (χ4v) is 2.57. The zero-order valence-corrected chi connectivity index (χ0v) is 12.6. The van der Waals surface area contributed by atoms with Crippen molar-refractivity contribution in [2.24, 2.45) is 0 Å². The number of hydrogen-bond donors (Lipinski definition) is 0. The number of rotatable bonds is 3. The topological polar surface area (TPSA) is 33.0 Å². The molecule has 0 radical (unpaired) electrons. The van der Waals surface area contributed by atoms with Crippen molar-refractivity contribution in [2.75, 3.05) is 0 Å². The molecule has 0 aliphatic carbocycles. The van der Waals surface area contributed by atoms with Gasteiger partial charge in [0.1, 0.15) is 11.9 Å². The van der Waals surface area contributed by atoms with Gasteiger partial charge in [-0.1, -0.05) is 47.3 Å². The van der Waals surface area contributed by atoms with Crippen molar-refractivity contribution < 1.29 is 4.74 Å². The summed E-state index contributed by atoms with van der Waals surface area (Å²) in [4.78, 5) is 0. The molecule has 1 aromatic carbocycles. The van der Waals surface area contributed by atoms with Crippen LogP contribution < -0.4 is 4.74 Å². The van der Waals surface area contributed by atoms with Gasteiger partial charge >= 0.3 is 0 Å². The molecule has 0 spiro atoms. The normalized spacial score (nSPS) is 19.7. The van der Waals surface area contributed by atoms with Crippen LogP contribution in [0.15, 0.2) is 65.7 Å². The van der Waals surface area contributed by atoms with Gasteiger partial charge in [0, 0.05) is 22.5 Å². The standard InChI is InChI=1S/C17H14BrNO/c1-3-5-12(4-2)17-10-13(8-9-19)15-11-14(18)6-7-16(15)20-17/h3-8,11,17H,1-2,10H2/b12-5+,13-8+. The van der Waals surface area contributed by atoms with Crippen molar-refractivity contribution in [2.45, 2.75) is 12.5 Å². The molecule has 100 valence electrons. The Morgan fingerprint density at radius 1 is 1.45 bits per heavy atom. The van der Waals surface area contributed by atoms with Gasteiger partial charge in [-0.3, -0.25) is 0 Å². The van der Waals surface area contributed by atoms with Crippen molar-refractivity contribution in [3.05, 3.63) is 71.3 Å². The zero-order chi connectivity index (χ0) is 14.5. The third-order valence-corrected chi connectivity index (χ3v) is 3.61. The molecule has 2 rings (SSSR count). The molecule has 0 bridgehead atoms. The van der Waals surface area contributed by atoms with Crippen LogP contribution in [0.1, 0.15) is 12.0 Å². The summed E-state index contributed by atoms with van der Waals surface area (Å²) < 4.78 is 6.98. The van der Waals surface area contributed by atoms with E-state index in [0.29, 0.717) is 6.42 Å². The number of hydrogen-bond acceptors (Lipinski definition) is 2. The van der Waals surface area contributed by atoms with E-state index in [4.69, 9.17) is 10.00 Å². The molecule has 1 aliphatic rings. The van der Waals surface area contributed by atoms with Crippen LogP contribution in [0.5, 0.6) is 5.75 Å². The van der Waals surface area contributed by atoms with E-state index in [1.165, 1.54) is 0 Å². The highest BCUT2D eigenvalue weighted by Crippen LogP contribution is 2.39. The maximum absolute atomic E-state index is 8.97. The molecule has 0 aromatic heterocycles. The Bertz CT molecular complexity index is 649. The van der Waals surface area contributed by atoms with Gasteiger partial charge in [-0.15, -0.1) is 0 Å².